The quantitative estimate of drug-likeness (QED) is 0.649. The second-order valence-electron chi connectivity index (χ2n) is 7.71. The number of carbonyl (C=O) groups excluding carboxylic acids is 2. The largest absolute Gasteiger partial charge is 0.493 e. The van der Waals surface area contributed by atoms with Crippen LogP contribution in [0.25, 0.3) is 0 Å². The molecule has 2 aromatic rings. The van der Waals surface area contributed by atoms with Crippen LogP contribution in [-0.4, -0.2) is 44.8 Å². The Kier molecular flexibility index (Phi) is 6.31. The maximum Gasteiger partial charge on any atom is 0.329 e. The summed E-state index contributed by atoms with van der Waals surface area (Å²) in [5, 5.41) is 2.93. The number of nitrogens with one attached hydrogen (secondary N) is 2. The van der Waals surface area contributed by atoms with E-state index in [1.54, 1.807) is 14.2 Å². The third-order valence-corrected chi connectivity index (χ3v) is 5.74. The van der Waals surface area contributed by atoms with Crippen LogP contribution in [0.5, 0.6) is 11.5 Å². The highest BCUT2D eigenvalue weighted by molar-refractivity contribution is 6.07. The molecule has 2 N–H and O–H groups in total. The fraction of sp³-hybridized carbons (Fsp3) is 0.391. The third-order valence-electron chi connectivity index (χ3n) is 5.74. The first-order valence-electron chi connectivity index (χ1n) is 10.1. The number of amides is 3. The monoisotopic (exact) mass is 412 g/mol. The van der Waals surface area contributed by atoms with E-state index in [2.05, 4.69) is 5.32 Å². The van der Waals surface area contributed by atoms with E-state index in [0.717, 1.165) is 21.6 Å². The zero-order valence-electron chi connectivity index (χ0n) is 18.2. The molecular formula is C23H30N3O4+. The van der Waals surface area contributed by atoms with Gasteiger partial charge in [0, 0.05) is 5.56 Å². The van der Waals surface area contributed by atoms with Crippen molar-refractivity contribution in [1.82, 2.24) is 10.2 Å². The number of aryl methyl sites for hydroxylation is 1. The smallest absolute Gasteiger partial charge is 0.329 e. The number of hydrogen-bond acceptors (Lipinski definition) is 4. The summed E-state index contributed by atoms with van der Waals surface area (Å²) in [6, 6.07) is 13.0. The van der Waals surface area contributed by atoms with Gasteiger partial charge in [0.1, 0.15) is 12.1 Å². The SMILES string of the molecule is CC[C@]1(c2ccccc2)NC(=O)N(C[NH+](C)Cc2cc(OC)c(OC)cc2C)C1=O. The minimum atomic E-state index is -1.00. The molecule has 3 rings (SSSR count). The van der Waals surface area contributed by atoms with Gasteiger partial charge in [0.15, 0.2) is 18.2 Å². The van der Waals surface area contributed by atoms with Crippen molar-refractivity contribution in [3.05, 3.63) is 59.2 Å². The van der Waals surface area contributed by atoms with Crippen LogP contribution < -0.4 is 19.7 Å². The molecule has 0 bridgehead atoms. The summed E-state index contributed by atoms with van der Waals surface area (Å²) in [5.41, 5.74) is 1.94. The number of methoxy groups -OCH3 is 2. The standard InChI is InChI=1S/C23H29N3O4/c1-6-23(18-10-8-7-9-11-18)21(27)26(22(28)24-23)15-25(3)14-17-13-20(30-5)19(29-4)12-16(17)2/h7-13H,6,14-15H2,1-5H3,(H,24,28)/p+1/t23-/m1/s1. The summed E-state index contributed by atoms with van der Waals surface area (Å²) in [7, 11) is 5.18. The first-order chi connectivity index (χ1) is 14.4. The summed E-state index contributed by atoms with van der Waals surface area (Å²) >= 11 is 0. The second-order valence-corrected chi connectivity index (χ2v) is 7.71. The Balaban J connectivity index is 1.78. The fourth-order valence-electron chi connectivity index (χ4n) is 4.00. The molecule has 1 saturated heterocycles. The Morgan fingerprint density at radius 3 is 2.30 bits per heavy atom. The van der Waals surface area contributed by atoms with Crippen molar-refractivity contribution in [2.75, 3.05) is 27.9 Å². The zero-order valence-corrected chi connectivity index (χ0v) is 18.2. The number of hydrogen-bond donors (Lipinski definition) is 2. The fourth-order valence-corrected chi connectivity index (χ4v) is 4.00. The van der Waals surface area contributed by atoms with E-state index in [0.29, 0.717) is 24.5 Å². The highest BCUT2D eigenvalue weighted by Gasteiger charge is 2.52. The number of nitrogens with zero attached hydrogens (tertiary/aromatic N) is 1. The molecule has 0 spiro atoms. The molecule has 0 aromatic heterocycles. The van der Waals surface area contributed by atoms with Gasteiger partial charge in [-0.25, -0.2) is 9.69 Å². The number of ether oxygens (including phenoxy) is 2. The van der Waals surface area contributed by atoms with Crippen LogP contribution in [0.2, 0.25) is 0 Å². The normalized spacial score (nSPS) is 19.6. The number of urea groups is 1. The molecule has 2 atom stereocenters. The minimum absolute atomic E-state index is 0.204. The van der Waals surface area contributed by atoms with Gasteiger partial charge >= 0.3 is 6.03 Å². The van der Waals surface area contributed by atoms with Gasteiger partial charge in [-0.2, -0.15) is 0 Å². The molecule has 1 aliphatic heterocycles. The Bertz CT molecular complexity index is 932. The lowest BCUT2D eigenvalue weighted by molar-refractivity contribution is -0.901. The van der Waals surface area contributed by atoms with Gasteiger partial charge in [0.25, 0.3) is 5.91 Å². The lowest BCUT2D eigenvalue weighted by atomic mass is 9.87. The highest BCUT2D eigenvalue weighted by Crippen LogP contribution is 2.32. The van der Waals surface area contributed by atoms with Gasteiger partial charge in [-0.1, -0.05) is 37.3 Å². The van der Waals surface area contributed by atoms with Crippen LogP contribution >= 0.6 is 0 Å². The van der Waals surface area contributed by atoms with Crippen molar-refractivity contribution in [3.8, 4) is 11.5 Å². The Hall–Kier alpha value is -3.06. The number of rotatable bonds is 8. The van der Waals surface area contributed by atoms with Crippen molar-refractivity contribution < 1.29 is 24.0 Å². The lowest BCUT2D eigenvalue weighted by Crippen LogP contribution is -3.09. The summed E-state index contributed by atoms with van der Waals surface area (Å²) in [6.45, 7) is 4.83. The highest BCUT2D eigenvalue weighted by atomic mass is 16.5. The third kappa shape index (κ3) is 3.85. The zero-order chi connectivity index (χ0) is 21.9. The van der Waals surface area contributed by atoms with Gasteiger partial charge < -0.3 is 19.7 Å². The van der Waals surface area contributed by atoms with E-state index in [1.807, 2.05) is 63.4 Å². The van der Waals surface area contributed by atoms with E-state index < -0.39 is 5.54 Å². The Morgan fingerprint density at radius 1 is 1.07 bits per heavy atom. The van der Waals surface area contributed by atoms with Gasteiger partial charge in [-0.3, -0.25) is 4.79 Å². The number of benzene rings is 2. The minimum Gasteiger partial charge on any atom is -0.493 e. The van der Waals surface area contributed by atoms with Crippen LogP contribution in [-0.2, 0) is 16.9 Å². The molecule has 7 nitrogen and oxygen atoms in total. The summed E-state index contributed by atoms with van der Waals surface area (Å²) in [5.74, 6) is 1.14. The topological polar surface area (TPSA) is 72.3 Å². The predicted octanol–water partition coefficient (Wildman–Crippen LogP) is 1.84. The summed E-state index contributed by atoms with van der Waals surface area (Å²) in [4.78, 5) is 28.3. The summed E-state index contributed by atoms with van der Waals surface area (Å²) in [6.07, 6.45) is 0.492. The van der Waals surface area contributed by atoms with E-state index in [4.69, 9.17) is 9.47 Å². The van der Waals surface area contributed by atoms with Crippen molar-refractivity contribution in [2.45, 2.75) is 32.4 Å². The first-order valence-corrected chi connectivity index (χ1v) is 10.1. The molecule has 0 saturated carbocycles. The van der Waals surface area contributed by atoms with Crippen LogP contribution in [0.15, 0.2) is 42.5 Å². The van der Waals surface area contributed by atoms with Crippen molar-refractivity contribution >= 4 is 11.9 Å². The molecule has 1 fully saturated rings. The molecule has 160 valence electrons. The van der Waals surface area contributed by atoms with E-state index in [-0.39, 0.29) is 18.6 Å². The van der Waals surface area contributed by atoms with Gasteiger partial charge in [0.2, 0.25) is 0 Å². The second kappa shape index (κ2) is 8.75. The van der Waals surface area contributed by atoms with Crippen LogP contribution in [0.4, 0.5) is 4.79 Å². The summed E-state index contributed by atoms with van der Waals surface area (Å²) < 4.78 is 10.8. The van der Waals surface area contributed by atoms with Crippen molar-refractivity contribution in [2.24, 2.45) is 0 Å². The number of carbonyl (C=O) groups is 2. The molecule has 1 unspecified atom stereocenters. The number of quaternary nitrogens is 1. The van der Waals surface area contributed by atoms with Crippen LogP contribution in [0.1, 0.15) is 30.0 Å². The average Bonchev–Trinajstić information content (AvgIpc) is 3.00. The molecule has 0 radical (unpaired) electrons. The van der Waals surface area contributed by atoms with E-state index in [1.165, 1.54) is 4.90 Å². The van der Waals surface area contributed by atoms with Gasteiger partial charge in [0.05, 0.1) is 21.3 Å². The van der Waals surface area contributed by atoms with Gasteiger partial charge in [-0.15, -0.1) is 0 Å². The van der Waals surface area contributed by atoms with E-state index >= 15 is 0 Å². The molecule has 0 aliphatic carbocycles. The molecule has 2 aromatic carbocycles. The molecule has 30 heavy (non-hydrogen) atoms. The Labute approximate surface area is 177 Å². The van der Waals surface area contributed by atoms with Crippen LogP contribution in [0, 0.1) is 6.92 Å². The predicted molar refractivity (Wildman–Crippen MR) is 114 cm³/mol. The molecule has 3 amide bonds. The molecule has 7 heteroatoms. The molecular weight excluding hydrogens is 382 g/mol. The van der Waals surface area contributed by atoms with Crippen molar-refractivity contribution in [1.29, 1.82) is 0 Å². The lowest BCUT2D eigenvalue weighted by Gasteiger charge is -2.26. The van der Waals surface area contributed by atoms with E-state index in [9.17, 15) is 9.59 Å². The first kappa shape index (κ1) is 21.6. The number of imide groups is 1. The maximum absolute atomic E-state index is 13.3. The van der Waals surface area contributed by atoms with Gasteiger partial charge in [-0.05, 0) is 36.6 Å². The maximum atomic E-state index is 13.3. The molecule has 1 aliphatic rings. The van der Waals surface area contributed by atoms with Crippen molar-refractivity contribution in [3.63, 3.8) is 0 Å². The molecule has 1 heterocycles. The Morgan fingerprint density at radius 2 is 1.70 bits per heavy atom. The average molecular weight is 413 g/mol. The van der Waals surface area contributed by atoms with Crippen LogP contribution in [0.3, 0.4) is 0 Å².